The Kier molecular flexibility index (Phi) is 2.46. The predicted molar refractivity (Wildman–Crippen MR) is 48.3 cm³/mol. The van der Waals surface area contributed by atoms with Crippen molar-refractivity contribution in [3.63, 3.8) is 0 Å². The predicted octanol–water partition coefficient (Wildman–Crippen LogP) is 3.54. The van der Waals surface area contributed by atoms with Gasteiger partial charge in [0.15, 0.2) is 0 Å². The summed E-state index contributed by atoms with van der Waals surface area (Å²) < 4.78 is 12.0. The molecular weight excluding hydrogens is 298 g/mol. The van der Waals surface area contributed by atoms with Crippen molar-refractivity contribution in [2.75, 3.05) is 0 Å². The van der Waals surface area contributed by atoms with Crippen LogP contribution in [0.2, 0.25) is 0 Å². The highest BCUT2D eigenvalue weighted by molar-refractivity contribution is 14.2. The minimum atomic E-state index is -0.0579. The van der Waals surface area contributed by atoms with Gasteiger partial charge in [-0.2, -0.15) is 0 Å². The standard InChI is InChI=1S/C6H3F.BrI/c7-6-3-4-1-2-5(4)6;1-2/h1-3H;. The molecule has 0 aromatic heterocycles. The molecule has 0 atom stereocenters. The Hall–Kier alpha value is 0.360. The first-order valence-electron chi connectivity index (χ1n) is 2.32. The van der Waals surface area contributed by atoms with Crippen molar-refractivity contribution in [2.24, 2.45) is 0 Å². The third-order valence-corrected chi connectivity index (χ3v) is 1.28. The van der Waals surface area contributed by atoms with E-state index in [0.29, 0.717) is 0 Å². The zero-order valence-corrected chi connectivity index (χ0v) is 8.11. The number of fused-ring (bicyclic) bond motifs is 1. The van der Waals surface area contributed by atoms with E-state index in [1.54, 1.807) is 6.07 Å². The van der Waals surface area contributed by atoms with E-state index in [1.165, 1.54) is 6.07 Å². The zero-order chi connectivity index (χ0) is 6.85. The Morgan fingerprint density at radius 2 is 2.00 bits per heavy atom. The van der Waals surface area contributed by atoms with Gasteiger partial charge in [0.25, 0.3) is 0 Å². The summed E-state index contributed by atoms with van der Waals surface area (Å²) in [5.74, 6) is -0.0579. The van der Waals surface area contributed by atoms with Crippen molar-refractivity contribution < 1.29 is 4.39 Å². The molecule has 0 fully saturated rings. The van der Waals surface area contributed by atoms with Gasteiger partial charge in [-0.1, -0.05) is 12.1 Å². The minimum absolute atomic E-state index is 0.0579. The second-order valence-electron chi connectivity index (χ2n) is 1.69. The molecule has 0 saturated heterocycles. The Morgan fingerprint density at radius 1 is 1.33 bits per heavy atom. The van der Waals surface area contributed by atoms with Crippen LogP contribution in [0.25, 0.3) is 11.1 Å². The van der Waals surface area contributed by atoms with Crippen LogP contribution in [0.15, 0.2) is 18.2 Å². The van der Waals surface area contributed by atoms with Gasteiger partial charge in [0, 0.05) is 25.9 Å². The van der Waals surface area contributed by atoms with Crippen LogP contribution >= 0.6 is 33.1 Å². The maximum absolute atomic E-state index is 12.0. The maximum Gasteiger partial charge on any atom is 0.131 e. The molecule has 0 aromatic carbocycles. The van der Waals surface area contributed by atoms with Gasteiger partial charge in [-0.05, 0) is 24.3 Å². The summed E-state index contributed by atoms with van der Waals surface area (Å²) in [5.41, 5.74) is 1.87. The van der Waals surface area contributed by atoms with Gasteiger partial charge in [-0.15, -0.1) is 0 Å². The summed E-state index contributed by atoms with van der Waals surface area (Å²) in [6, 6.07) is 5.22. The van der Waals surface area contributed by atoms with E-state index in [-0.39, 0.29) is 5.82 Å². The lowest BCUT2D eigenvalue weighted by Crippen LogP contribution is -1.94. The molecular formula is C6H3BrFI. The van der Waals surface area contributed by atoms with Crippen molar-refractivity contribution in [1.82, 2.24) is 0 Å². The van der Waals surface area contributed by atoms with Crippen molar-refractivity contribution >= 4 is 33.1 Å². The average Bonchev–Trinajstić information content (AvgIpc) is 1.87. The largest absolute Gasteiger partial charge is 0.206 e. The lowest BCUT2D eigenvalue weighted by Gasteiger charge is -2.13. The third-order valence-electron chi connectivity index (χ3n) is 1.28. The smallest absolute Gasteiger partial charge is 0.131 e. The van der Waals surface area contributed by atoms with Crippen molar-refractivity contribution in [2.45, 2.75) is 0 Å². The molecule has 2 rings (SSSR count). The molecule has 0 N–H and O–H groups in total. The molecule has 9 heavy (non-hydrogen) atoms. The molecule has 0 aromatic rings. The van der Waals surface area contributed by atoms with Crippen LogP contribution in [0, 0.1) is 5.82 Å². The first-order chi connectivity index (χ1) is 4.38. The number of halogens is 3. The molecule has 0 heterocycles. The molecule has 0 unspecified atom stereocenters. The van der Waals surface area contributed by atoms with Crippen molar-refractivity contribution in [1.29, 1.82) is 0 Å². The first-order valence-corrected chi connectivity index (χ1v) is 7.16. The Bertz CT molecular complexity index is 224. The van der Waals surface area contributed by atoms with E-state index in [4.69, 9.17) is 0 Å². The number of rotatable bonds is 0. The topological polar surface area (TPSA) is 0 Å². The van der Waals surface area contributed by atoms with Crippen LogP contribution < -0.4 is 0 Å². The van der Waals surface area contributed by atoms with Crippen LogP contribution in [0.5, 0.6) is 0 Å². The van der Waals surface area contributed by atoms with E-state index in [9.17, 15) is 4.39 Å². The molecule has 0 nitrogen and oxygen atoms in total. The fourth-order valence-electron chi connectivity index (χ4n) is 0.743. The van der Waals surface area contributed by atoms with Gasteiger partial charge in [0.1, 0.15) is 5.82 Å². The van der Waals surface area contributed by atoms with Gasteiger partial charge in [0.05, 0.1) is 0 Å². The maximum atomic E-state index is 12.0. The Balaban J connectivity index is 0.000000186. The van der Waals surface area contributed by atoms with Crippen LogP contribution in [0.1, 0.15) is 0 Å². The van der Waals surface area contributed by atoms with E-state index in [1.807, 2.05) is 26.4 Å². The Labute approximate surface area is 72.3 Å². The van der Waals surface area contributed by atoms with E-state index >= 15 is 0 Å². The summed E-state index contributed by atoms with van der Waals surface area (Å²) in [6.45, 7) is 0. The van der Waals surface area contributed by atoms with Gasteiger partial charge < -0.3 is 0 Å². The average molecular weight is 301 g/mol. The molecule has 0 amide bonds. The molecule has 0 aliphatic heterocycles. The zero-order valence-electron chi connectivity index (χ0n) is 4.37. The van der Waals surface area contributed by atoms with E-state index < -0.39 is 0 Å². The molecule has 0 saturated carbocycles. The highest BCUT2D eigenvalue weighted by Crippen LogP contribution is 2.34. The van der Waals surface area contributed by atoms with Crippen LogP contribution in [0.4, 0.5) is 4.39 Å². The summed E-state index contributed by atoms with van der Waals surface area (Å²) in [6.07, 6.45) is 0. The van der Waals surface area contributed by atoms with Crippen LogP contribution in [0.3, 0.4) is 0 Å². The number of benzene rings is 1. The van der Waals surface area contributed by atoms with Gasteiger partial charge in [0.2, 0.25) is 0 Å². The van der Waals surface area contributed by atoms with Crippen LogP contribution in [-0.4, -0.2) is 0 Å². The Morgan fingerprint density at radius 3 is 2.00 bits per heavy atom. The van der Waals surface area contributed by atoms with Crippen molar-refractivity contribution in [3.05, 3.63) is 24.0 Å². The molecule has 2 aliphatic carbocycles. The molecule has 48 valence electrons. The summed E-state index contributed by atoms with van der Waals surface area (Å²) in [7, 11) is 0. The lowest BCUT2D eigenvalue weighted by molar-refractivity contribution is 0.621. The van der Waals surface area contributed by atoms with E-state index in [0.717, 1.165) is 11.1 Å². The summed E-state index contributed by atoms with van der Waals surface area (Å²) in [4.78, 5) is 0. The monoisotopic (exact) mass is 300 g/mol. The quantitative estimate of drug-likeness (QED) is 0.653. The highest BCUT2D eigenvalue weighted by atomic mass is 127. The molecule has 3 heteroatoms. The molecule has 2 aliphatic rings. The SMILES string of the molecule is BrI.Fc1cc2ccc1-2. The van der Waals surface area contributed by atoms with Crippen LogP contribution in [-0.2, 0) is 0 Å². The first kappa shape index (κ1) is 7.47. The second kappa shape index (κ2) is 2.96. The lowest BCUT2D eigenvalue weighted by atomic mass is 9.93. The number of hydrogen-bond acceptors (Lipinski definition) is 0. The fourth-order valence-corrected chi connectivity index (χ4v) is 0.743. The third kappa shape index (κ3) is 1.12. The van der Waals surface area contributed by atoms with Gasteiger partial charge in [-0.25, -0.2) is 4.39 Å². The number of hydrogen-bond donors (Lipinski definition) is 0. The second-order valence-corrected chi connectivity index (χ2v) is 1.69. The molecule has 0 spiro atoms. The normalized spacial score (nSPS) is 9.67. The molecule has 0 radical (unpaired) electrons. The van der Waals surface area contributed by atoms with Gasteiger partial charge >= 0.3 is 0 Å². The van der Waals surface area contributed by atoms with Crippen molar-refractivity contribution in [3.8, 4) is 11.1 Å². The van der Waals surface area contributed by atoms with Gasteiger partial charge in [-0.3, -0.25) is 0 Å². The fraction of sp³-hybridized carbons (Fsp3) is 0. The minimum Gasteiger partial charge on any atom is -0.206 e. The van der Waals surface area contributed by atoms with E-state index in [2.05, 4.69) is 12.7 Å². The summed E-state index contributed by atoms with van der Waals surface area (Å²) >= 11 is 4.87. The molecule has 0 bridgehead atoms. The summed E-state index contributed by atoms with van der Waals surface area (Å²) in [5, 5.41) is 0. The highest BCUT2D eigenvalue weighted by Gasteiger charge is 2.14.